The highest BCUT2D eigenvalue weighted by Crippen LogP contribution is 2.30. The summed E-state index contributed by atoms with van der Waals surface area (Å²) >= 11 is 0. The molecule has 0 spiro atoms. The number of ether oxygens (including phenoxy) is 1. The Labute approximate surface area is 199 Å². The van der Waals surface area contributed by atoms with Gasteiger partial charge in [0.2, 0.25) is 0 Å². The fourth-order valence-corrected chi connectivity index (χ4v) is 3.60. The van der Waals surface area contributed by atoms with Crippen molar-refractivity contribution in [3.05, 3.63) is 74.4 Å². The van der Waals surface area contributed by atoms with E-state index in [0.29, 0.717) is 11.5 Å². The van der Waals surface area contributed by atoms with Crippen molar-refractivity contribution in [2.24, 2.45) is 5.92 Å². The Hall–Kier alpha value is -4.43. The molecule has 1 aliphatic rings. The van der Waals surface area contributed by atoms with Crippen molar-refractivity contribution in [2.45, 2.75) is 19.3 Å². The van der Waals surface area contributed by atoms with Crippen molar-refractivity contribution < 1.29 is 13.9 Å². The number of carbonyl (C=O) groups is 1. The highest BCUT2D eigenvalue weighted by Gasteiger charge is 2.15. The van der Waals surface area contributed by atoms with E-state index in [9.17, 15) is 18.8 Å². The molecule has 180 valence electrons. The van der Waals surface area contributed by atoms with Crippen molar-refractivity contribution in [3.63, 3.8) is 0 Å². The van der Waals surface area contributed by atoms with Gasteiger partial charge < -0.3 is 26.1 Å². The number of piperidine rings is 1. The number of rotatable bonds is 5. The van der Waals surface area contributed by atoms with E-state index in [1.165, 1.54) is 18.3 Å². The molecule has 0 radical (unpaired) electrons. The van der Waals surface area contributed by atoms with Gasteiger partial charge >= 0.3 is 5.69 Å². The maximum Gasteiger partial charge on any atom is 0.325 e. The van der Waals surface area contributed by atoms with Crippen molar-refractivity contribution >= 4 is 17.4 Å². The lowest BCUT2D eigenvalue weighted by atomic mass is 9.95. The number of carbonyl (C=O) groups excluding carboxylic acids is 1. The molecule has 6 N–H and O–H groups in total. The van der Waals surface area contributed by atoms with Gasteiger partial charge in [-0.2, -0.15) is 0 Å². The number of benzene rings is 1. The van der Waals surface area contributed by atoms with Gasteiger partial charge in [-0.05, 0) is 44.0 Å². The third-order valence-electron chi connectivity index (χ3n) is 5.48. The minimum Gasteiger partial charge on any atom is -0.453 e. The summed E-state index contributed by atoms with van der Waals surface area (Å²) in [6, 6.07) is 5.32. The monoisotopic (exact) mass is 478 g/mol. The lowest BCUT2D eigenvalue weighted by molar-refractivity contribution is 0.102. The molecule has 3 aromatic rings. The first-order valence-electron chi connectivity index (χ1n) is 11.0. The normalized spacial score (nSPS) is 13.5. The number of amides is 1. The number of hydrogen-bond acceptors (Lipinski definition) is 7. The van der Waals surface area contributed by atoms with Gasteiger partial charge in [0.25, 0.3) is 11.5 Å². The summed E-state index contributed by atoms with van der Waals surface area (Å²) in [5.41, 5.74) is 4.51. The molecule has 1 saturated heterocycles. The van der Waals surface area contributed by atoms with Crippen LogP contribution in [0.2, 0.25) is 0 Å². The standard InChI is InChI=1S/C24H23FN6O4/c25-18-12-15(30-22(32)17-13-29-24(34)31-23(17)33)4-5-20(18)35-19-8-11-28-21(26)16(19)3-1-2-14-6-9-27-10-7-14/h4-5,8,11-14,27H,2,6-7,9-10H2,(H2,26,28)(H,30,32)(H2,29,31,33,34). The number of nitrogen functional groups attached to an aromatic ring is 1. The van der Waals surface area contributed by atoms with E-state index >= 15 is 0 Å². The van der Waals surface area contributed by atoms with Gasteiger partial charge in [0.15, 0.2) is 11.6 Å². The molecule has 1 aromatic carbocycles. The van der Waals surface area contributed by atoms with E-state index in [1.807, 2.05) is 4.98 Å². The Kier molecular flexibility index (Phi) is 7.23. The van der Waals surface area contributed by atoms with E-state index in [4.69, 9.17) is 10.5 Å². The predicted octanol–water partition coefficient (Wildman–Crippen LogP) is 1.97. The number of nitrogens with two attached hydrogens (primary N) is 1. The fraction of sp³-hybridized carbons (Fsp3) is 0.250. The summed E-state index contributed by atoms with van der Waals surface area (Å²) in [6.45, 7) is 1.96. The summed E-state index contributed by atoms with van der Waals surface area (Å²) in [5.74, 6) is 5.40. The number of anilines is 2. The first-order valence-corrected chi connectivity index (χ1v) is 11.0. The maximum atomic E-state index is 14.8. The van der Waals surface area contributed by atoms with Gasteiger partial charge in [-0.1, -0.05) is 11.8 Å². The van der Waals surface area contributed by atoms with Crippen molar-refractivity contribution in [1.29, 1.82) is 0 Å². The van der Waals surface area contributed by atoms with E-state index in [-0.39, 0.29) is 28.6 Å². The smallest absolute Gasteiger partial charge is 0.325 e. The van der Waals surface area contributed by atoms with Crippen molar-refractivity contribution in [3.8, 4) is 23.3 Å². The summed E-state index contributed by atoms with van der Waals surface area (Å²) in [5, 5.41) is 5.71. The minimum atomic E-state index is -0.865. The molecule has 10 nitrogen and oxygen atoms in total. The van der Waals surface area contributed by atoms with Crippen LogP contribution in [0.25, 0.3) is 0 Å². The third kappa shape index (κ3) is 5.93. The average molecular weight is 478 g/mol. The zero-order chi connectivity index (χ0) is 24.8. The number of halogens is 1. The zero-order valence-electron chi connectivity index (χ0n) is 18.6. The van der Waals surface area contributed by atoms with Gasteiger partial charge in [-0.3, -0.25) is 14.6 Å². The second-order valence-corrected chi connectivity index (χ2v) is 7.96. The first kappa shape index (κ1) is 23.7. The number of nitrogens with zero attached hydrogens (tertiary/aromatic N) is 1. The molecule has 4 rings (SSSR count). The Balaban J connectivity index is 1.49. The summed E-state index contributed by atoms with van der Waals surface area (Å²) in [4.78, 5) is 43.3. The molecule has 0 aliphatic carbocycles. The fourth-order valence-electron chi connectivity index (χ4n) is 3.60. The van der Waals surface area contributed by atoms with Crippen LogP contribution in [0.5, 0.6) is 11.5 Å². The largest absolute Gasteiger partial charge is 0.453 e. The van der Waals surface area contributed by atoms with Gasteiger partial charge in [0.05, 0.1) is 0 Å². The molecule has 3 heterocycles. The molecular formula is C24H23FN6O4. The lowest BCUT2D eigenvalue weighted by Crippen LogP contribution is -2.29. The molecule has 0 saturated carbocycles. The van der Waals surface area contributed by atoms with Gasteiger partial charge in [0.1, 0.15) is 22.7 Å². The van der Waals surface area contributed by atoms with Gasteiger partial charge in [-0.15, -0.1) is 0 Å². The van der Waals surface area contributed by atoms with Crippen molar-refractivity contribution in [1.82, 2.24) is 20.3 Å². The second-order valence-electron chi connectivity index (χ2n) is 7.96. The van der Waals surface area contributed by atoms with Crippen LogP contribution in [0.1, 0.15) is 35.2 Å². The topological polar surface area (TPSA) is 155 Å². The molecule has 0 bridgehead atoms. The van der Waals surface area contributed by atoms with Crippen LogP contribution >= 0.6 is 0 Å². The van der Waals surface area contributed by atoms with Crippen LogP contribution < -0.4 is 32.4 Å². The molecule has 1 fully saturated rings. The maximum absolute atomic E-state index is 14.8. The molecule has 0 unspecified atom stereocenters. The third-order valence-corrected chi connectivity index (χ3v) is 5.48. The summed E-state index contributed by atoms with van der Waals surface area (Å²) < 4.78 is 20.5. The first-order chi connectivity index (χ1) is 16.9. The molecule has 2 aromatic heterocycles. The number of aromatic amines is 2. The molecule has 11 heteroatoms. The number of H-pyrrole nitrogens is 2. The lowest BCUT2D eigenvalue weighted by Gasteiger charge is -2.20. The number of pyridine rings is 1. The zero-order valence-corrected chi connectivity index (χ0v) is 18.6. The Bertz CT molecular complexity index is 1420. The van der Waals surface area contributed by atoms with Crippen LogP contribution in [-0.2, 0) is 0 Å². The SMILES string of the molecule is Nc1nccc(Oc2ccc(NC(=O)c3c[nH]c(=O)[nH]c3=O)cc2F)c1C#CCC1CCNCC1. The second kappa shape index (κ2) is 10.7. The highest BCUT2D eigenvalue weighted by molar-refractivity contribution is 6.03. The van der Waals surface area contributed by atoms with Gasteiger partial charge in [-0.25, -0.2) is 14.2 Å². The predicted molar refractivity (Wildman–Crippen MR) is 128 cm³/mol. The van der Waals surface area contributed by atoms with E-state index in [1.54, 1.807) is 6.07 Å². The number of aromatic nitrogens is 3. The minimum absolute atomic E-state index is 0.0849. The molecular weight excluding hydrogens is 455 g/mol. The summed E-state index contributed by atoms with van der Waals surface area (Å²) in [7, 11) is 0. The van der Waals surface area contributed by atoms with Crippen LogP contribution in [0.4, 0.5) is 15.9 Å². The molecule has 1 aliphatic heterocycles. The average Bonchev–Trinajstić information content (AvgIpc) is 2.83. The van der Waals surface area contributed by atoms with E-state index in [0.717, 1.165) is 44.6 Å². The Morgan fingerprint density at radius 2 is 2.03 bits per heavy atom. The van der Waals surface area contributed by atoms with Crippen LogP contribution in [0.3, 0.4) is 0 Å². The van der Waals surface area contributed by atoms with E-state index < -0.39 is 23.0 Å². The Morgan fingerprint density at radius 3 is 2.77 bits per heavy atom. The summed E-state index contributed by atoms with van der Waals surface area (Å²) in [6.07, 6.45) is 5.26. The number of hydrogen-bond donors (Lipinski definition) is 5. The molecule has 35 heavy (non-hydrogen) atoms. The Morgan fingerprint density at radius 1 is 1.23 bits per heavy atom. The van der Waals surface area contributed by atoms with Crippen LogP contribution in [-0.4, -0.2) is 33.9 Å². The van der Waals surface area contributed by atoms with Crippen LogP contribution in [0, 0.1) is 23.6 Å². The molecule has 1 amide bonds. The van der Waals surface area contributed by atoms with Gasteiger partial charge in [0, 0.05) is 36.6 Å². The highest BCUT2D eigenvalue weighted by atomic mass is 19.1. The van der Waals surface area contributed by atoms with E-state index in [2.05, 4.69) is 32.4 Å². The molecule has 0 atom stereocenters. The quantitative estimate of drug-likeness (QED) is 0.351. The van der Waals surface area contributed by atoms with Crippen molar-refractivity contribution in [2.75, 3.05) is 24.1 Å². The number of nitrogens with one attached hydrogen (secondary N) is 4. The van der Waals surface area contributed by atoms with Crippen LogP contribution in [0.15, 0.2) is 46.2 Å².